The minimum absolute atomic E-state index is 0.0813. The summed E-state index contributed by atoms with van der Waals surface area (Å²) in [5.74, 6) is -0.312. The number of aromatic amines is 1. The number of nitrogens with one attached hydrogen (secondary N) is 1. The molecule has 1 N–H and O–H groups in total. The molecule has 1 fully saturated rings. The number of aromatic nitrogens is 2. The minimum atomic E-state index is -0.231. The van der Waals surface area contributed by atoms with Crippen LogP contribution in [-0.4, -0.2) is 47.2 Å². The third-order valence-corrected chi connectivity index (χ3v) is 5.63. The van der Waals surface area contributed by atoms with Crippen LogP contribution in [0, 0.1) is 5.82 Å². The number of halogens is 1. The highest BCUT2D eigenvalue weighted by Gasteiger charge is 2.25. The Hall–Kier alpha value is -3.67. The first-order valence-electron chi connectivity index (χ1n) is 10.0. The van der Waals surface area contributed by atoms with Gasteiger partial charge in [-0.15, -0.1) is 0 Å². The van der Waals surface area contributed by atoms with Gasteiger partial charge in [-0.25, -0.2) is 4.39 Å². The molecule has 0 aliphatic carbocycles. The number of H-pyrrole nitrogens is 1. The number of nitrogens with zero attached hydrogens (tertiary/aromatic N) is 3. The maximum absolute atomic E-state index is 14.0. The summed E-state index contributed by atoms with van der Waals surface area (Å²) < 4.78 is 14.0. The van der Waals surface area contributed by atoms with Crippen LogP contribution in [0.5, 0.6) is 0 Å². The maximum Gasteiger partial charge on any atom is 0.272 e. The third kappa shape index (κ3) is 3.30. The van der Waals surface area contributed by atoms with Gasteiger partial charge in [-0.3, -0.25) is 9.89 Å². The second-order valence-corrected chi connectivity index (χ2v) is 7.42. The Morgan fingerprint density at radius 2 is 1.63 bits per heavy atom. The van der Waals surface area contributed by atoms with E-state index in [2.05, 4.69) is 28.4 Å². The number of fused-ring (bicyclic) bond motifs is 1. The van der Waals surface area contributed by atoms with Crippen molar-refractivity contribution in [2.45, 2.75) is 0 Å². The first-order valence-corrected chi connectivity index (χ1v) is 10.0. The monoisotopic (exact) mass is 400 g/mol. The Labute approximate surface area is 173 Å². The molecule has 0 spiro atoms. The highest BCUT2D eigenvalue weighted by atomic mass is 19.1. The standard InChI is InChI=1S/C24H21FN4O/c25-20-10-3-4-11-23(20)28-12-14-29(15-13-28)24(30)22-16-21(26-27-22)19-9-5-7-17-6-1-2-8-18(17)19/h1-11,16H,12-15H2,(H,26,27). The molecule has 1 aliphatic heterocycles. The van der Waals surface area contributed by atoms with E-state index in [0.29, 0.717) is 37.6 Å². The van der Waals surface area contributed by atoms with Crippen molar-refractivity contribution in [3.63, 3.8) is 0 Å². The highest BCUT2D eigenvalue weighted by molar-refractivity contribution is 5.98. The Kier molecular flexibility index (Phi) is 4.67. The zero-order valence-electron chi connectivity index (χ0n) is 16.4. The first-order chi connectivity index (χ1) is 14.7. The van der Waals surface area contributed by atoms with Gasteiger partial charge < -0.3 is 9.80 Å². The number of piperazine rings is 1. The molecule has 1 saturated heterocycles. The molecule has 150 valence electrons. The van der Waals surface area contributed by atoms with Gasteiger partial charge in [0.05, 0.1) is 11.4 Å². The van der Waals surface area contributed by atoms with Crippen molar-refractivity contribution >= 4 is 22.4 Å². The van der Waals surface area contributed by atoms with Gasteiger partial charge in [0.15, 0.2) is 0 Å². The van der Waals surface area contributed by atoms with E-state index in [1.807, 2.05) is 41.3 Å². The van der Waals surface area contributed by atoms with E-state index in [-0.39, 0.29) is 11.7 Å². The molecular weight excluding hydrogens is 379 g/mol. The van der Waals surface area contributed by atoms with Crippen LogP contribution in [-0.2, 0) is 0 Å². The molecule has 6 heteroatoms. The molecule has 0 radical (unpaired) electrons. The summed E-state index contributed by atoms with van der Waals surface area (Å²) in [7, 11) is 0. The average molecular weight is 400 g/mol. The fourth-order valence-corrected chi connectivity index (χ4v) is 4.05. The Balaban J connectivity index is 1.32. The van der Waals surface area contributed by atoms with Gasteiger partial charge in [-0.1, -0.05) is 54.6 Å². The summed E-state index contributed by atoms with van der Waals surface area (Å²) in [5.41, 5.74) is 2.80. The lowest BCUT2D eigenvalue weighted by Crippen LogP contribution is -2.49. The SMILES string of the molecule is O=C(c1cc(-c2cccc3ccccc23)n[nH]1)N1CCN(c2ccccc2F)CC1. The van der Waals surface area contributed by atoms with Crippen molar-refractivity contribution < 1.29 is 9.18 Å². The lowest BCUT2D eigenvalue weighted by molar-refractivity contribution is 0.0740. The fourth-order valence-electron chi connectivity index (χ4n) is 4.05. The van der Waals surface area contributed by atoms with Crippen LogP contribution in [0.15, 0.2) is 72.8 Å². The summed E-state index contributed by atoms with van der Waals surface area (Å²) in [6.07, 6.45) is 0. The predicted octanol–water partition coefficient (Wildman–Crippen LogP) is 4.33. The quantitative estimate of drug-likeness (QED) is 0.557. The summed E-state index contributed by atoms with van der Waals surface area (Å²) in [5, 5.41) is 9.53. The number of hydrogen-bond acceptors (Lipinski definition) is 3. The number of amides is 1. The molecule has 5 rings (SSSR count). The summed E-state index contributed by atoms with van der Waals surface area (Å²) in [6, 6.07) is 22.8. The second-order valence-electron chi connectivity index (χ2n) is 7.42. The van der Waals surface area contributed by atoms with Gasteiger partial charge in [0.25, 0.3) is 5.91 Å². The van der Waals surface area contributed by atoms with Crippen LogP contribution >= 0.6 is 0 Å². The molecule has 1 aliphatic rings. The van der Waals surface area contributed by atoms with Gasteiger partial charge in [0.2, 0.25) is 0 Å². The molecule has 3 aromatic carbocycles. The number of rotatable bonds is 3. The molecule has 2 heterocycles. The molecule has 1 amide bonds. The molecule has 0 saturated carbocycles. The number of carbonyl (C=O) groups excluding carboxylic acids is 1. The Morgan fingerprint density at radius 1 is 0.900 bits per heavy atom. The molecule has 0 atom stereocenters. The molecular formula is C24H21FN4O. The zero-order valence-corrected chi connectivity index (χ0v) is 16.4. The van der Waals surface area contributed by atoms with Gasteiger partial charge in [0.1, 0.15) is 11.5 Å². The van der Waals surface area contributed by atoms with Crippen LogP contribution in [0.1, 0.15) is 10.5 Å². The second kappa shape index (κ2) is 7.63. The van der Waals surface area contributed by atoms with Crippen molar-refractivity contribution in [3.05, 3.63) is 84.3 Å². The van der Waals surface area contributed by atoms with Crippen LogP contribution in [0.3, 0.4) is 0 Å². The van der Waals surface area contributed by atoms with Gasteiger partial charge in [-0.2, -0.15) is 5.10 Å². The summed E-state index contributed by atoms with van der Waals surface area (Å²) in [6.45, 7) is 2.26. The van der Waals surface area contributed by atoms with E-state index in [9.17, 15) is 9.18 Å². The van der Waals surface area contributed by atoms with Crippen LogP contribution in [0.25, 0.3) is 22.0 Å². The van der Waals surface area contributed by atoms with E-state index in [0.717, 1.165) is 22.0 Å². The number of hydrogen-bond donors (Lipinski definition) is 1. The molecule has 30 heavy (non-hydrogen) atoms. The van der Waals surface area contributed by atoms with E-state index < -0.39 is 0 Å². The Bertz CT molecular complexity index is 1210. The van der Waals surface area contributed by atoms with Crippen molar-refractivity contribution in [2.75, 3.05) is 31.1 Å². The smallest absolute Gasteiger partial charge is 0.272 e. The molecule has 5 nitrogen and oxygen atoms in total. The minimum Gasteiger partial charge on any atom is -0.366 e. The number of anilines is 1. The van der Waals surface area contributed by atoms with E-state index in [1.54, 1.807) is 17.0 Å². The number of para-hydroxylation sites is 1. The molecule has 1 aromatic heterocycles. The summed E-state index contributed by atoms with van der Waals surface area (Å²) in [4.78, 5) is 16.7. The van der Waals surface area contributed by atoms with Crippen molar-refractivity contribution in [3.8, 4) is 11.3 Å². The van der Waals surface area contributed by atoms with Crippen molar-refractivity contribution in [1.29, 1.82) is 0 Å². The van der Waals surface area contributed by atoms with Crippen LogP contribution < -0.4 is 4.90 Å². The molecule has 4 aromatic rings. The lowest BCUT2D eigenvalue weighted by Gasteiger charge is -2.36. The normalized spacial score (nSPS) is 14.3. The van der Waals surface area contributed by atoms with Gasteiger partial charge in [-0.05, 0) is 29.0 Å². The van der Waals surface area contributed by atoms with E-state index in [1.165, 1.54) is 6.07 Å². The van der Waals surface area contributed by atoms with Crippen LogP contribution in [0.4, 0.5) is 10.1 Å². The first kappa shape index (κ1) is 18.4. The lowest BCUT2D eigenvalue weighted by atomic mass is 10.0. The van der Waals surface area contributed by atoms with E-state index in [4.69, 9.17) is 0 Å². The van der Waals surface area contributed by atoms with Gasteiger partial charge >= 0.3 is 0 Å². The topological polar surface area (TPSA) is 52.2 Å². The van der Waals surface area contributed by atoms with E-state index >= 15 is 0 Å². The number of benzene rings is 3. The highest BCUT2D eigenvalue weighted by Crippen LogP contribution is 2.28. The van der Waals surface area contributed by atoms with Crippen molar-refractivity contribution in [1.82, 2.24) is 15.1 Å². The molecule has 0 unspecified atom stereocenters. The number of carbonyl (C=O) groups is 1. The maximum atomic E-state index is 14.0. The largest absolute Gasteiger partial charge is 0.366 e. The Morgan fingerprint density at radius 3 is 2.47 bits per heavy atom. The summed E-state index contributed by atoms with van der Waals surface area (Å²) >= 11 is 0. The van der Waals surface area contributed by atoms with Crippen LogP contribution in [0.2, 0.25) is 0 Å². The molecule has 0 bridgehead atoms. The van der Waals surface area contributed by atoms with Gasteiger partial charge in [0, 0.05) is 31.7 Å². The van der Waals surface area contributed by atoms with Crippen molar-refractivity contribution in [2.24, 2.45) is 0 Å². The predicted molar refractivity (Wildman–Crippen MR) is 116 cm³/mol. The fraction of sp³-hybridized carbons (Fsp3) is 0.167. The zero-order chi connectivity index (χ0) is 20.5. The average Bonchev–Trinajstić information content (AvgIpc) is 3.29. The third-order valence-electron chi connectivity index (χ3n) is 5.63.